The van der Waals surface area contributed by atoms with Crippen LogP contribution in [0.15, 0.2) is 12.4 Å². The first-order valence-corrected chi connectivity index (χ1v) is 5.41. The Hall–Kier alpha value is -1.16. The molecule has 0 aliphatic heterocycles. The van der Waals surface area contributed by atoms with Crippen molar-refractivity contribution in [3.8, 4) is 5.88 Å². The lowest BCUT2D eigenvalue weighted by Crippen LogP contribution is -2.21. The molecule has 15 heavy (non-hydrogen) atoms. The van der Waals surface area contributed by atoms with Crippen LogP contribution in [0.2, 0.25) is 0 Å². The van der Waals surface area contributed by atoms with E-state index in [-0.39, 0.29) is 0 Å². The first-order valence-electron chi connectivity index (χ1n) is 5.41. The maximum absolute atomic E-state index is 5.08. The van der Waals surface area contributed by atoms with E-state index in [1.165, 1.54) is 0 Å². The zero-order valence-corrected chi connectivity index (χ0v) is 9.66. The zero-order chi connectivity index (χ0) is 11.1. The molecule has 0 saturated carbocycles. The van der Waals surface area contributed by atoms with Gasteiger partial charge in [-0.25, -0.2) is 9.97 Å². The Morgan fingerprint density at radius 1 is 1.40 bits per heavy atom. The zero-order valence-electron chi connectivity index (χ0n) is 9.66. The molecule has 0 radical (unpaired) electrons. The molecule has 0 bridgehead atoms. The Labute approximate surface area is 91.1 Å². The van der Waals surface area contributed by atoms with Crippen LogP contribution in [0.3, 0.4) is 0 Å². The number of ether oxygens (including phenoxy) is 1. The monoisotopic (exact) mass is 209 g/mol. The van der Waals surface area contributed by atoms with E-state index in [2.05, 4.69) is 29.1 Å². The highest BCUT2D eigenvalue weighted by atomic mass is 16.5. The molecule has 0 aliphatic carbocycles. The van der Waals surface area contributed by atoms with Gasteiger partial charge in [-0.2, -0.15) is 0 Å². The van der Waals surface area contributed by atoms with E-state index in [1.54, 1.807) is 13.4 Å². The van der Waals surface area contributed by atoms with Gasteiger partial charge in [0, 0.05) is 12.1 Å². The average molecular weight is 209 g/mol. The van der Waals surface area contributed by atoms with Crippen molar-refractivity contribution >= 4 is 0 Å². The number of nitrogens with zero attached hydrogens (tertiary/aromatic N) is 2. The van der Waals surface area contributed by atoms with Crippen LogP contribution in [-0.2, 0) is 0 Å². The Morgan fingerprint density at radius 3 is 2.80 bits per heavy atom. The van der Waals surface area contributed by atoms with Crippen LogP contribution in [0.1, 0.15) is 38.4 Å². The summed E-state index contributed by atoms with van der Waals surface area (Å²) in [6.07, 6.45) is 3.76. The minimum atomic E-state index is 0.303. The van der Waals surface area contributed by atoms with Crippen molar-refractivity contribution in [2.75, 3.05) is 13.7 Å². The van der Waals surface area contributed by atoms with Crippen LogP contribution in [0, 0.1) is 0 Å². The third-order valence-corrected chi connectivity index (χ3v) is 2.26. The standard InChI is InChI=1S/C11H19N3O/c1-4-6-9(12-5-2)10-7-11(15-3)14-8-13-10/h7-9,12H,4-6H2,1-3H3. The van der Waals surface area contributed by atoms with Crippen molar-refractivity contribution in [3.63, 3.8) is 0 Å². The second-order valence-electron chi connectivity index (χ2n) is 3.38. The van der Waals surface area contributed by atoms with Crippen molar-refractivity contribution in [2.45, 2.75) is 32.7 Å². The average Bonchev–Trinajstić information content (AvgIpc) is 2.29. The van der Waals surface area contributed by atoms with E-state index < -0.39 is 0 Å². The maximum atomic E-state index is 5.08. The molecule has 1 atom stereocenters. The molecule has 0 saturated heterocycles. The molecule has 1 aromatic heterocycles. The fourth-order valence-corrected chi connectivity index (χ4v) is 1.55. The first-order chi connectivity index (χ1) is 7.31. The second kappa shape index (κ2) is 6.35. The predicted octanol–water partition coefficient (Wildman–Crippen LogP) is 1.94. The van der Waals surface area contributed by atoms with Crippen molar-refractivity contribution in [1.82, 2.24) is 15.3 Å². The summed E-state index contributed by atoms with van der Waals surface area (Å²) >= 11 is 0. The fourth-order valence-electron chi connectivity index (χ4n) is 1.55. The van der Waals surface area contributed by atoms with Gasteiger partial charge < -0.3 is 10.1 Å². The number of hydrogen-bond acceptors (Lipinski definition) is 4. The summed E-state index contributed by atoms with van der Waals surface area (Å²) in [5.74, 6) is 0.624. The first kappa shape index (κ1) is 11.9. The lowest BCUT2D eigenvalue weighted by Gasteiger charge is -2.16. The van der Waals surface area contributed by atoms with Crippen molar-refractivity contribution in [2.24, 2.45) is 0 Å². The second-order valence-corrected chi connectivity index (χ2v) is 3.38. The molecular formula is C11H19N3O. The van der Waals surface area contributed by atoms with Crippen LogP contribution >= 0.6 is 0 Å². The molecular weight excluding hydrogens is 190 g/mol. The van der Waals surface area contributed by atoms with Gasteiger partial charge >= 0.3 is 0 Å². The highest BCUT2D eigenvalue weighted by Crippen LogP contribution is 2.18. The normalized spacial score (nSPS) is 12.5. The van der Waals surface area contributed by atoms with Gasteiger partial charge in [-0.15, -0.1) is 0 Å². The number of rotatable bonds is 6. The third kappa shape index (κ3) is 3.47. The van der Waals surface area contributed by atoms with Crippen LogP contribution in [0.5, 0.6) is 5.88 Å². The molecule has 1 aromatic rings. The summed E-state index contributed by atoms with van der Waals surface area (Å²) < 4.78 is 5.08. The van der Waals surface area contributed by atoms with E-state index in [0.29, 0.717) is 11.9 Å². The molecule has 1 unspecified atom stereocenters. The van der Waals surface area contributed by atoms with Crippen LogP contribution < -0.4 is 10.1 Å². The number of hydrogen-bond donors (Lipinski definition) is 1. The van der Waals surface area contributed by atoms with Crippen molar-refractivity contribution in [1.29, 1.82) is 0 Å². The Bertz CT molecular complexity index is 285. The van der Waals surface area contributed by atoms with Gasteiger partial charge in [0.2, 0.25) is 5.88 Å². The van der Waals surface area contributed by atoms with Crippen LogP contribution in [-0.4, -0.2) is 23.6 Å². The largest absolute Gasteiger partial charge is 0.481 e. The molecule has 0 fully saturated rings. The number of methoxy groups -OCH3 is 1. The lowest BCUT2D eigenvalue weighted by atomic mass is 10.1. The van der Waals surface area contributed by atoms with Gasteiger partial charge in [-0.3, -0.25) is 0 Å². The van der Waals surface area contributed by atoms with Crippen molar-refractivity contribution < 1.29 is 4.74 Å². The highest BCUT2D eigenvalue weighted by Gasteiger charge is 2.11. The van der Waals surface area contributed by atoms with Crippen LogP contribution in [0.4, 0.5) is 0 Å². The highest BCUT2D eigenvalue weighted by molar-refractivity contribution is 5.16. The van der Waals surface area contributed by atoms with Gasteiger partial charge in [-0.1, -0.05) is 20.3 Å². The molecule has 0 aromatic carbocycles. The number of nitrogens with one attached hydrogen (secondary N) is 1. The summed E-state index contributed by atoms with van der Waals surface area (Å²) in [5, 5.41) is 3.41. The molecule has 1 rings (SSSR count). The summed E-state index contributed by atoms with van der Waals surface area (Å²) in [4.78, 5) is 8.27. The topological polar surface area (TPSA) is 47.0 Å². The third-order valence-electron chi connectivity index (χ3n) is 2.26. The quantitative estimate of drug-likeness (QED) is 0.777. The summed E-state index contributed by atoms with van der Waals surface area (Å²) in [5.41, 5.74) is 1.01. The summed E-state index contributed by atoms with van der Waals surface area (Å²) in [7, 11) is 1.62. The Morgan fingerprint density at radius 2 is 2.20 bits per heavy atom. The van der Waals surface area contributed by atoms with E-state index >= 15 is 0 Å². The molecule has 0 spiro atoms. The fraction of sp³-hybridized carbons (Fsp3) is 0.636. The van der Waals surface area contributed by atoms with E-state index in [0.717, 1.165) is 25.1 Å². The smallest absolute Gasteiger partial charge is 0.216 e. The maximum Gasteiger partial charge on any atom is 0.216 e. The lowest BCUT2D eigenvalue weighted by molar-refractivity contribution is 0.393. The molecule has 0 amide bonds. The minimum Gasteiger partial charge on any atom is -0.481 e. The predicted molar refractivity (Wildman–Crippen MR) is 59.9 cm³/mol. The van der Waals surface area contributed by atoms with Crippen molar-refractivity contribution in [3.05, 3.63) is 18.1 Å². The molecule has 1 heterocycles. The van der Waals surface area contributed by atoms with E-state index in [1.807, 2.05) is 6.07 Å². The molecule has 4 heteroatoms. The molecule has 1 N–H and O–H groups in total. The van der Waals surface area contributed by atoms with Gasteiger partial charge in [0.1, 0.15) is 6.33 Å². The Balaban J connectivity index is 2.79. The van der Waals surface area contributed by atoms with E-state index in [4.69, 9.17) is 4.74 Å². The van der Waals surface area contributed by atoms with Gasteiger partial charge in [0.05, 0.1) is 12.8 Å². The Kier molecular flexibility index (Phi) is 5.04. The SMILES string of the molecule is CCCC(NCC)c1cc(OC)ncn1. The minimum absolute atomic E-state index is 0.303. The molecule has 0 aliphatic rings. The van der Waals surface area contributed by atoms with Gasteiger partial charge in [0.25, 0.3) is 0 Å². The van der Waals surface area contributed by atoms with Gasteiger partial charge in [0.15, 0.2) is 0 Å². The van der Waals surface area contributed by atoms with Gasteiger partial charge in [-0.05, 0) is 13.0 Å². The molecule has 84 valence electrons. The molecule has 4 nitrogen and oxygen atoms in total. The summed E-state index contributed by atoms with van der Waals surface area (Å²) in [6.45, 7) is 5.21. The summed E-state index contributed by atoms with van der Waals surface area (Å²) in [6, 6.07) is 2.19. The van der Waals surface area contributed by atoms with E-state index in [9.17, 15) is 0 Å². The number of aromatic nitrogens is 2. The van der Waals surface area contributed by atoms with Crippen LogP contribution in [0.25, 0.3) is 0 Å².